The van der Waals surface area contributed by atoms with Gasteiger partial charge < -0.3 is 4.90 Å². The third-order valence-electron chi connectivity index (χ3n) is 4.50. The van der Waals surface area contributed by atoms with Crippen LogP contribution in [0.2, 0.25) is 0 Å². The Morgan fingerprint density at radius 1 is 1.35 bits per heavy atom. The monoisotopic (exact) mass is 314 g/mol. The maximum absolute atomic E-state index is 13.5. The molecular weight excluding hydrogens is 295 g/mol. The van der Waals surface area contributed by atoms with Gasteiger partial charge in [0.2, 0.25) is 0 Å². The Bertz CT molecular complexity index is 749. The van der Waals surface area contributed by atoms with E-state index in [4.69, 9.17) is 0 Å². The van der Waals surface area contributed by atoms with Crippen molar-refractivity contribution in [3.8, 4) is 5.69 Å². The van der Waals surface area contributed by atoms with Crippen LogP contribution in [0.5, 0.6) is 0 Å². The maximum atomic E-state index is 13.5. The average Bonchev–Trinajstić information content (AvgIpc) is 3.46. The van der Waals surface area contributed by atoms with Crippen molar-refractivity contribution in [1.82, 2.24) is 19.9 Å². The molecule has 6 heteroatoms. The van der Waals surface area contributed by atoms with Crippen molar-refractivity contribution < 1.29 is 9.18 Å². The molecule has 2 aliphatic rings. The normalized spacial score (nSPS) is 17.3. The van der Waals surface area contributed by atoms with Gasteiger partial charge in [-0.3, -0.25) is 4.79 Å². The van der Waals surface area contributed by atoms with Gasteiger partial charge in [0.1, 0.15) is 5.82 Å². The minimum Gasteiger partial charge on any atom is -0.340 e. The molecule has 120 valence electrons. The van der Waals surface area contributed by atoms with Crippen molar-refractivity contribution in [3.05, 3.63) is 41.5 Å². The van der Waals surface area contributed by atoms with Gasteiger partial charge in [0.15, 0.2) is 5.69 Å². The van der Waals surface area contributed by atoms with Gasteiger partial charge in [0, 0.05) is 19.5 Å². The molecule has 0 atom stereocenters. The lowest BCUT2D eigenvalue weighted by atomic mass is 10.2. The second kappa shape index (κ2) is 5.44. The third-order valence-corrected chi connectivity index (χ3v) is 4.50. The van der Waals surface area contributed by atoms with Crippen molar-refractivity contribution in [1.29, 1.82) is 0 Å². The number of hydrogen-bond acceptors (Lipinski definition) is 3. The quantitative estimate of drug-likeness (QED) is 0.852. The van der Waals surface area contributed by atoms with Crippen LogP contribution in [-0.4, -0.2) is 39.4 Å². The maximum Gasteiger partial charge on any atom is 0.276 e. The summed E-state index contributed by atoms with van der Waals surface area (Å²) >= 11 is 0. The van der Waals surface area contributed by atoms with E-state index in [-0.39, 0.29) is 11.7 Å². The molecule has 2 aromatic rings. The number of benzene rings is 1. The van der Waals surface area contributed by atoms with Crippen LogP contribution in [0, 0.1) is 11.7 Å². The summed E-state index contributed by atoms with van der Waals surface area (Å²) in [6, 6.07) is 6.24. The summed E-state index contributed by atoms with van der Waals surface area (Å²) in [5.74, 6) is 0.521. The number of amides is 1. The molecule has 2 fully saturated rings. The number of carbonyl (C=O) groups is 1. The molecular formula is C17H19FN4O. The highest BCUT2D eigenvalue weighted by atomic mass is 19.1. The van der Waals surface area contributed by atoms with Crippen molar-refractivity contribution in [2.24, 2.45) is 5.92 Å². The van der Waals surface area contributed by atoms with Gasteiger partial charge in [-0.25, -0.2) is 9.07 Å². The summed E-state index contributed by atoms with van der Waals surface area (Å²) in [7, 11) is 1.82. The van der Waals surface area contributed by atoms with Crippen LogP contribution in [-0.2, 0) is 0 Å². The van der Waals surface area contributed by atoms with Gasteiger partial charge in [-0.05, 0) is 49.8 Å². The number of rotatable bonds is 5. The smallest absolute Gasteiger partial charge is 0.276 e. The van der Waals surface area contributed by atoms with E-state index in [0.717, 1.165) is 25.1 Å². The molecule has 4 rings (SSSR count). The molecule has 0 radical (unpaired) electrons. The fourth-order valence-corrected chi connectivity index (χ4v) is 2.91. The SMILES string of the molecule is CN(CC1CC1)C(=O)c1nnn(-c2cccc(F)c2)c1C1CC1. The molecule has 1 aromatic heterocycles. The molecule has 0 unspecified atom stereocenters. The summed E-state index contributed by atoms with van der Waals surface area (Å²) < 4.78 is 15.1. The van der Waals surface area contributed by atoms with Crippen LogP contribution in [0.25, 0.3) is 5.69 Å². The Kier molecular flexibility index (Phi) is 3.39. The molecule has 0 N–H and O–H groups in total. The van der Waals surface area contributed by atoms with Crippen LogP contribution in [0.1, 0.15) is 47.8 Å². The summed E-state index contributed by atoms with van der Waals surface area (Å²) in [6.45, 7) is 0.774. The zero-order valence-corrected chi connectivity index (χ0v) is 13.1. The fourth-order valence-electron chi connectivity index (χ4n) is 2.91. The van der Waals surface area contributed by atoms with Crippen molar-refractivity contribution in [3.63, 3.8) is 0 Å². The predicted octanol–water partition coefficient (Wildman–Crippen LogP) is 2.77. The van der Waals surface area contributed by atoms with Crippen molar-refractivity contribution in [2.75, 3.05) is 13.6 Å². The molecule has 0 saturated heterocycles. The summed E-state index contributed by atoms with van der Waals surface area (Å²) in [5.41, 5.74) is 1.85. The zero-order chi connectivity index (χ0) is 16.0. The van der Waals surface area contributed by atoms with Gasteiger partial charge in [0.05, 0.1) is 11.4 Å². The van der Waals surface area contributed by atoms with E-state index in [1.165, 1.54) is 25.0 Å². The first-order valence-electron chi connectivity index (χ1n) is 8.10. The second-order valence-electron chi connectivity index (χ2n) is 6.62. The Balaban J connectivity index is 1.69. The molecule has 1 heterocycles. The van der Waals surface area contributed by atoms with Crippen LogP contribution in [0.15, 0.2) is 24.3 Å². The minimum absolute atomic E-state index is 0.0820. The highest BCUT2D eigenvalue weighted by molar-refractivity contribution is 5.93. The molecule has 0 spiro atoms. The highest BCUT2D eigenvalue weighted by Gasteiger charge is 2.36. The van der Waals surface area contributed by atoms with Crippen LogP contribution < -0.4 is 0 Å². The van der Waals surface area contributed by atoms with Crippen LogP contribution in [0.4, 0.5) is 4.39 Å². The van der Waals surface area contributed by atoms with Gasteiger partial charge in [-0.15, -0.1) is 5.10 Å². The third kappa shape index (κ3) is 2.85. The molecule has 1 aromatic carbocycles. The largest absolute Gasteiger partial charge is 0.340 e. The molecule has 5 nitrogen and oxygen atoms in total. The van der Waals surface area contributed by atoms with Gasteiger partial charge in [0.25, 0.3) is 5.91 Å². The molecule has 2 saturated carbocycles. The first-order valence-corrected chi connectivity index (χ1v) is 8.10. The first-order chi connectivity index (χ1) is 11.1. The van der Waals surface area contributed by atoms with E-state index >= 15 is 0 Å². The Morgan fingerprint density at radius 3 is 2.78 bits per heavy atom. The summed E-state index contributed by atoms with van der Waals surface area (Å²) in [6.07, 6.45) is 4.44. The van der Waals surface area contributed by atoms with Crippen LogP contribution in [0.3, 0.4) is 0 Å². The standard InChI is InChI=1S/C17H19FN4O/c1-21(10-11-5-6-11)17(23)15-16(12-7-8-12)22(20-19-15)14-4-2-3-13(18)9-14/h2-4,9,11-12H,5-8,10H2,1H3. The number of nitrogens with zero attached hydrogens (tertiary/aromatic N) is 4. The topological polar surface area (TPSA) is 51.0 Å². The molecule has 0 bridgehead atoms. The Labute approximate surface area is 134 Å². The van der Waals surface area contributed by atoms with E-state index in [2.05, 4.69) is 10.3 Å². The number of halogens is 1. The lowest BCUT2D eigenvalue weighted by molar-refractivity contribution is 0.0781. The molecule has 0 aliphatic heterocycles. The number of aromatic nitrogens is 3. The van der Waals surface area contributed by atoms with E-state index in [9.17, 15) is 9.18 Å². The predicted molar refractivity (Wildman–Crippen MR) is 83.0 cm³/mol. The fraction of sp³-hybridized carbons (Fsp3) is 0.471. The highest BCUT2D eigenvalue weighted by Crippen LogP contribution is 2.42. The second-order valence-corrected chi connectivity index (χ2v) is 6.62. The number of carbonyl (C=O) groups excluding carboxylic acids is 1. The Hall–Kier alpha value is -2.24. The Morgan fingerprint density at radius 2 is 2.13 bits per heavy atom. The van der Waals surface area contributed by atoms with E-state index in [1.54, 1.807) is 21.7 Å². The van der Waals surface area contributed by atoms with Gasteiger partial charge in [-0.1, -0.05) is 11.3 Å². The summed E-state index contributed by atoms with van der Waals surface area (Å²) in [4.78, 5) is 14.4. The minimum atomic E-state index is -0.321. The molecule has 23 heavy (non-hydrogen) atoms. The average molecular weight is 314 g/mol. The van der Waals surface area contributed by atoms with Crippen molar-refractivity contribution in [2.45, 2.75) is 31.6 Å². The van der Waals surface area contributed by atoms with E-state index in [0.29, 0.717) is 23.2 Å². The lowest BCUT2D eigenvalue weighted by Gasteiger charge is -2.16. The van der Waals surface area contributed by atoms with E-state index in [1.807, 2.05) is 7.05 Å². The van der Waals surface area contributed by atoms with Gasteiger partial charge >= 0.3 is 0 Å². The van der Waals surface area contributed by atoms with Crippen molar-refractivity contribution >= 4 is 5.91 Å². The van der Waals surface area contributed by atoms with Crippen LogP contribution >= 0.6 is 0 Å². The lowest BCUT2D eigenvalue weighted by Crippen LogP contribution is -2.30. The first kappa shape index (κ1) is 14.4. The van der Waals surface area contributed by atoms with Gasteiger partial charge in [-0.2, -0.15) is 0 Å². The molecule has 1 amide bonds. The van der Waals surface area contributed by atoms with E-state index < -0.39 is 0 Å². The number of hydrogen-bond donors (Lipinski definition) is 0. The summed E-state index contributed by atoms with van der Waals surface area (Å²) in [5, 5.41) is 8.27. The zero-order valence-electron chi connectivity index (χ0n) is 13.1. The molecule has 2 aliphatic carbocycles.